The molecular formula is C14H11BrF2N2O2. The summed E-state index contributed by atoms with van der Waals surface area (Å²) in [5.41, 5.74) is 0.394. The van der Waals surface area contributed by atoms with Crippen LogP contribution in [0.4, 0.5) is 20.2 Å². The van der Waals surface area contributed by atoms with Crippen LogP contribution in [0.5, 0.6) is 0 Å². The van der Waals surface area contributed by atoms with Gasteiger partial charge in [-0.2, -0.15) is 0 Å². The molecule has 0 fully saturated rings. The fourth-order valence-electron chi connectivity index (χ4n) is 1.83. The molecule has 110 valence electrons. The highest BCUT2D eigenvalue weighted by atomic mass is 79.9. The van der Waals surface area contributed by atoms with Gasteiger partial charge in [0.15, 0.2) is 0 Å². The highest BCUT2D eigenvalue weighted by Gasteiger charge is 2.17. The van der Waals surface area contributed by atoms with Crippen molar-refractivity contribution in [1.29, 1.82) is 0 Å². The summed E-state index contributed by atoms with van der Waals surface area (Å²) in [4.78, 5) is 10.3. The van der Waals surface area contributed by atoms with Gasteiger partial charge in [0.2, 0.25) is 0 Å². The van der Waals surface area contributed by atoms with E-state index >= 15 is 0 Å². The maximum absolute atomic E-state index is 13.6. The molecule has 0 aliphatic heterocycles. The molecule has 0 bridgehead atoms. The molecule has 0 aliphatic rings. The number of hydrogen-bond acceptors (Lipinski definition) is 3. The van der Waals surface area contributed by atoms with Gasteiger partial charge in [-0.05, 0) is 36.8 Å². The zero-order valence-corrected chi connectivity index (χ0v) is 12.6. The summed E-state index contributed by atoms with van der Waals surface area (Å²) < 4.78 is 27.7. The smallest absolute Gasteiger partial charge is 0.295 e. The molecule has 0 spiro atoms. The number of rotatable bonds is 4. The third-order valence-electron chi connectivity index (χ3n) is 2.95. The predicted octanol–water partition coefficient (Wildman–Crippen LogP) is 4.56. The van der Waals surface area contributed by atoms with Gasteiger partial charge in [0.05, 0.1) is 11.0 Å². The Bertz CT molecular complexity index is 708. The second-order valence-corrected chi connectivity index (χ2v) is 5.38. The van der Waals surface area contributed by atoms with Gasteiger partial charge in [-0.25, -0.2) is 8.78 Å². The molecule has 0 aromatic heterocycles. The number of anilines is 1. The molecule has 0 saturated carbocycles. The zero-order chi connectivity index (χ0) is 15.6. The normalized spacial score (nSPS) is 10.5. The molecule has 21 heavy (non-hydrogen) atoms. The standard InChI is InChI=1S/C14H11BrF2N2O2/c1-8-4-13(14(19(20)21)6-12(8)17)18-7-9-5-10(15)2-3-11(9)16/h2-6,18H,7H2,1H3. The Morgan fingerprint density at radius 1 is 1.24 bits per heavy atom. The van der Waals surface area contributed by atoms with Crippen molar-refractivity contribution in [3.05, 3.63) is 67.7 Å². The number of aryl methyl sites for hydroxylation is 1. The first kappa shape index (κ1) is 15.4. The van der Waals surface area contributed by atoms with E-state index in [1.807, 2.05) is 0 Å². The van der Waals surface area contributed by atoms with E-state index < -0.39 is 16.6 Å². The molecule has 0 aliphatic carbocycles. The van der Waals surface area contributed by atoms with Crippen LogP contribution < -0.4 is 5.32 Å². The second-order valence-electron chi connectivity index (χ2n) is 4.46. The summed E-state index contributed by atoms with van der Waals surface area (Å²) in [6.45, 7) is 1.56. The Balaban J connectivity index is 2.29. The second kappa shape index (κ2) is 6.17. The fourth-order valence-corrected chi connectivity index (χ4v) is 2.24. The highest BCUT2D eigenvalue weighted by molar-refractivity contribution is 9.10. The number of nitrogens with one attached hydrogen (secondary N) is 1. The first-order valence-electron chi connectivity index (χ1n) is 6.01. The van der Waals surface area contributed by atoms with Gasteiger partial charge >= 0.3 is 0 Å². The average molecular weight is 357 g/mol. The van der Waals surface area contributed by atoms with Crippen molar-refractivity contribution in [1.82, 2.24) is 0 Å². The Morgan fingerprint density at radius 3 is 2.62 bits per heavy atom. The van der Waals surface area contributed by atoms with Crippen molar-refractivity contribution in [2.75, 3.05) is 5.32 Å². The maximum atomic E-state index is 13.6. The Labute approximate surface area is 128 Å². The van der Waals surface area contributed by atoms with E-state index in [2.05, 4.69) is 21.2 Å². The fraction of sp³-hybridized carbons (Fsp3) is 0.143. The van der Waals surface area contributed by atoms with Gasteiger partial charge < -0.3 is 5.32 Å². The largest absolute Gasteiger partial charge is 0.375 e. The van der Waals surface area contributed by atoms with Crippen LogP contribution in [0.2, 0.25) is 0 Å². The lowest BCUT2D eigenvalue weighted by Crippen LogP contribution is -2.05. The van der Waals surface area contributed by atoms with Gasteiger partial charge in [-0.1, -0.05) is 15.9 Å². The van der Waals surface area contributed by atoms with Crippen molar-refractivity contribution in [2.24, 2.45) is 0 Å². The molecule has 2 aromatic rings. The molecule has 7 heteroatoms. The van der Waals surface area contributed by atoms with E-state index in [0.717, 1.165) is 6.07 Å². The van der Waals surface area contributed by atoms with Crippen LogP contribution in [0.3, 0.4) is 0 Å². The summed E-state index contributed by atoms with van der Waals surface area (Å²) in [6.07, 6.45) is 0. The first-order valence-corrected chi connectivity index (χ1v) is 6.80. The van der Waals surface area contributed by atoms with Crippen molar-refractivity contribution in [3.63, 3.8) is 0 Å². The van der Waals surface area contributed by atoms with Crippen LogP contribution >= 0.6 is 15.9 Å². The van der Waals surface area contributed by atoms with E-state index in [9.17, 15) is 18.9 Å². The van der Waals surface area contributed by atoms with Crippen LogP contribution in [-0.4, -0.2) is 4.92 Å². The summed E-state index contributed by atoms with van der Waals surface area (Å²) >= 11 is 3.23. The van der Waals surface area contributed by atoms with E-state index in [0.29, 0.717) is 10.0 Å². The maximum Gasteiger partial charge on any atom is 0.295 e. The lowest BCUT2D eigenvalue weighted by Gasteiger charge is -2.10. The topological polar surface area (TPSA) is 55.2 Å². The minimum atomic E-state index is -0.678. The number of benzene rings is 2. The van der Waals surface area contributed by atoms with Gasteiger partial charge in [0.25, 0.3) is 5.69 Å². The molecule has 0 saturated heterocycles. The molecule has 2 aromatic carbocycles. The number of nitrogens with zero attached hydrogens (tertiary/aromatic N) is 1. The summed E-state index contributed by atoms with van der Waals surface area (Å²) in [7, 11) is 0. The van der Waals surface area contributed by atoms with Crippen molar-refractivity contribution < 1.29 is 13.7 Å². The zero-order valence-electron chi connectivity index (χ0n) is 11.0. The Kier molecular flexibility index (Phi) is 4.52. The van der Waals surface area contributed by atoms with Crippen molar-refractivity contribution >= 4 is 27.3 Å². The summed E-state index contributed by atoms with van der Waals surface area (Å²) in [6, 6.07) is 6.62. The van der Waals surface area contributed by atoms with Crippen LogP contribution in [-0.2, 0) is 6.54 Å². The van der Waals surface area contributed by atoms with Crippen LogP contribution in [0.25, 0.3) is 0 Å². The van der Waals surface area contributed by atoms with Gasteiger partial charge in [0, 0.05) is 16.6 Å². The van der Waals surface area contributed by atoms with Crippen LogP contribution in [0.15, 0.2) is 34.8 Å². The highest BCUT2D eigenvalue weighted by Crippen LogP contribution is 2.28. The monoisotopic (exact) mass is 356 g/mol. The molecule has 0 heterocycles. The van der Waals surface area contributed by atoms with E-state index in [-0.39, 0.29) is 23.5 Å². The van der Waals surface area contributed by atoms with E-state index in [1.165, 1.54) is 19.1 Å². The number of nitro benzene ring substituents is 1. The van der Waals surface area contributed by atoms with E-state index in [4.69, 9.17) is 0 Å². The molecule has 2 rings (SSSR count). The Hall–Kier alpha value is -2.02. The van der Waals surface area contributed by atoms with Crippen molar-refractivity contribution in [3.8, 4) is 0 Å². The lowest BCUT2D eigenvalue weighted by atomic mass is 10.1. The minimum absolute atomic E-state index is 0.0528. The minimum Gasteiger partial charge on any atom is -0.375 e. The first-order chi connectivity index (χ1) is 9.88. The molecule has 0 atom stereocenters. The van der Waals surface area contributed by atoms with E-state index in [1.54, 1.807) is 12.1 Å². The van der Waals surface area contributed by atoms with Crippen molar-refractivity contribution in [2.45, 2.75) is 13.5 Å². The molecule has 0 unspecified atom stereocenters. The molecular weight excluding hydrogens is 346 g/mol. The summed E-state index contributed by atoms with van der Waals surface area (Å²) in [5, 5.41) is 13.7. The molecule has 4 nitrogen and oxygen atoms in total. The van der Waals surface area contributed by atoms with Gasteiger partial charge in [-0.15, -0.1) is 0 Å². The van der Waals surface area contributed by atoms with Crippen LogP contribution in [0, 0.1) is 28.7 Å². The Morgan fingerprint density at radius 2 is 1.95 bits per heavy atom. The SMILES string of the molecule is Cc1cc(NCc2cc(Br)ccc2F)c([N+](=O)[O-])cc1F. The predicted molar refractivity (Wildman–Crippen MR) is 79.2 cm³/mol. The average Bonchev–Trinajstić information content (AvgIpc) is 2.42. The van der Waals surface area contributed by atoms with Crippen LogP contribution in [0.1, 0.15) is 11.1 Å². The number of nitro groups is 1. The third kappa shape index (κ3) is 3.55. The number of halogens is 3. The van der Waals surface area contributed by atoms with Gasteiger partial charge in [-0.3, -0.25) is 10.1 Å². The third-order valence-corrected chi connectivity index (χ3v) is 3.44. The summed E-state index contributed by atoms with van der Waals surface area (Å²) in [5.74, 6) is -1.08. The quantitative estimate of drug-likeness (QED) is 0.645. The van der Waals surface area contributed by atoms with Gasteiger partial charge in [0.1, 0.15) is 17.3 Å². The molecule has 0 radical (unpaired) electrons. The molecule has 0 amide bonds. The number of hydrogen-bond donors (Lipinski definition) is 1. The lowest BCUT2D eigenvalue weighted by molar-refractivity contribution is -0.384. The molecule has 1 N–H and O–H groups in total.